The van der Waals surface area contributed by atoms with Gasteiger partial charge < -0.3 is 4.90 Å². The van der Waals surface area contributed by atoms with Crippen molar-refractivity contribution >= 4 is 5.91 Å². The Kier molecular flexibility index (Phi) is 3.31. The van der Waals surface area contributed by atoms with Gasteiger partial charge in [0.2, 0.25) is 0 Å². The third kappa shape index (κ3) is 2.44. The second-order valence-electron chi connectivity index (χ2n) is 3.94. The highest BCUT2D eigenvalue weighted by atomic mass is 16.3. The van der Waals surface area contributed by atoms with Crippen molar-refractivity contribution < 1.29 is 9.90 Å². The van der Waals surface area contributed by atoms with E-state index in [0.29, 0.717) is 6.42 Å². The minimum Gasteiger partial charge on any atom is -0.340 e. The van der Waals surface area contributed by atoms with Crippen LogP contribution in [0.3, 0.4) is 0 Å². The molecule has 0 aromatic heterocycles. The lowest BCUT2D eigenvalue weighted by Gasteiger charge is -2.31. The highest BCUT2D eigenvalue weighted by Gasteiger charge is 2.34. The molecule has 75 valence electrons. The van der Waals surface area contributed by atoms with Crippen LogP contribution in [0, 0.1) is 0 Å². The van der Waals surface area contributed by atoms with Gasteiger partial charge in [0.05, 0.1) is 0 Å². The van der Waals surface area contributed by atoms with Gasteiger partial charge in [0.25, 0.3) is 5.91 Å². The van der Waals surface area contributed by atoms with E-state index in [2.05, 4.69) is 0 Å². The summed E-state index contributed by atoms with van der Waals surface area (Å²) in [5.41, 5.74) is -1.41. The first-order valence-electron chi connectivity index (χ1n) is 5.07. The SMILES string of the molecule is CCC(C)([O])C(=O)N1CCCCC1. The van der Waals surface area contributed by atoms with E-state index in [1.54, 1.807) is 11.8 Å². The van der Waals surface area contributed by atoms with Crippen molar-refractivity contribution in [3.63, 3.8) is 0 Å². The molecule has 1 aliphatic rings. The molecule has 0 saturated carbocycles. The van der Waals surface area contributed by atoms with Crippen LogP contribution in [0.1, 0.15) is 39.5 Å². The van der Waals surface area contributed by atoms with Gasteiger partial charge in [0.15, 0.2) is 5.60 Å². The Morgan fingerprint density at radius 3 is 2.31 bits per heavy atom. The van der Waals surface area contributed by atoms with Crippen molar-refractivity contribution in [1.29, 1.82) is 0 Å². The number of hydrogen-bond acceptors (Lipinski definition) is 1. The molecule has 3 heteroatoms. The van der Waals surface area contributed by atoms with Crippen molar-refractivity contribution in [2.45, 2.75) is 45.1 Å². The third-order valence-electron chi connectivity index (χ3n) is 2.77. The topological polar surface area (TPSA) is 40.2 Å². The quantitative estimate of drug-likeness (QED) is 0.642. The molecule has 13 heavy (non-hydrogen) atoms. The standard InChI is InChI=1S/C10H18NO2/c1-3-10(2,13)9(12)11-7-5-4-6-8-11/h3-8H2,1-2H3. The van der Waals surface area contributed by atoms with Crippen LogP contribution in [0.2, 0.25) is 0 Å². The summed E-state index contributed by atoms with van der Waals surface area (Å²) >= 11 is 0. The van der Waals surface area contributed by atoms with Crippen molar-refractivity contribution in [2.75, 3.05) is 13.1 Å². The zero-order chi connectivity index (χ0) is 9.90. The van der Waals surface area contributed by atoms with Gasteiger partial charge in [-0.1, -0.05) is 6.92 Å². The van der Waals surface area contributed by atoms with Crippen LogP contribution < -0.4 is 0 Å². The summed E-state index contributed by atoms with van der Waals surface area (Å²) in [6.07, 6.45) is 3.66. The Morgan fingerprint density at radius 2 is 1.85 bits per heavy atom. The van der Waals surface area contributed by atoms with Gasteiger partial charge in [-0.2, -0.15) is 0 Å². The Hall–Kier alpha value is -0.570. The van der Waals surface area contributed by atoms with E-state index < -0.39 is 5.60 Å². The third-order valence-corrected chi connectivity index (χ3v) is 2.77. The molecule has 0 bridgehead atoms. The van der Waals surface area contributed by atoms with E-state index in [0.717, 1.165) is 25.9 Å². The van der Waals surface area contributed by atoms with Crippen LogP contribution in [0.5, 0.6) is 0 Å². The number of rotatable bonds is 2. The van der Waals surface area contributed by atoms with Gasteiger partial charge in [-0.15, -0.1) is 0 Å². The summed E-state index contributed by atoms with van der Waals surface area (Å²) < 4.78 is 0. The number of carbonyl (C=O) groups excluding carboxylic acids is 1. The smallest absolute Gasteiger partial charge is 0.257 e. The molecule has 3 nitrogen and oxygen atoms in total. The van der Waals surface area contributed by atoms with Gasteiger partial charge in [0, 0.05) is 13.1 Å². The maximum Gasteiger partial charge on any atom is 0.257 e. The second kappa shape index (κ2) is 4.09. The summed E-state index contributed by atoms with van der Waals surface area (Å²) in [4.78, 5) is 13.4. The molecule has 1 aliphatic heterocycles. The lowest BCUT2D eigenvalue weighted by atomic mass is 10.00. The van der Waals surface area contributed by atoms with Gasteiger partial charge in [-0.25, -0.2) is 5.11 Å². The molecule has 1 atom stereocenters. The maximum atomic E-state index is 11.7. The van der Waals surface area contributed by atoms with Gasteiger partial charge in [0.1, 0.15) is 0 Å². The molecule has 1 unspecified atom stereocenters. The Bertz CT molecular complexity index is 183. The molecule has 0 aromatic carbocycles. The number of amides is 1. The van der Waals surface area contributed by atoms with E-state index in [1.807, 2.05) is 0 Å². The normalized spacial score (nSPS) is 22.5. The second-order valence-corrected chi connectivity index (χ2v) is 3.94. The first kappa shape index (κ1) is 10.5. The molecule has 0 aromatic rings. The molecule has 0 aliphatic carbocycles. The minimum absolute atomic E-state index is 0.213. The first-order valence-corrected chi connectivity index (χ1v) is 5.07. The molecule has 0 spiro atoms. The van der Waals surface area contributed by atoms with Crippen molar-refractivity contribution in [2.24, 2.45) is 0 Å². The Labute approximate surface area is 79.7 Å². The van der Waals surface area contributed by atoms with Gasteiger partial charge in [-0.05, 0) is 32.6 Å². The predicted molar refractivity (Wildman–Crippen MR) is 49.8 cm³/mol. The zero-order valence-corrected chi connectivity index (χ0v) is 8.51. The molecule has 1 radical (unpaired) electrons. The Balaban J connectivity index is 2.55. The minimum atomic E-state index is -1.41. The van der Waals surface area contributed by atoms with E-state index in [1.165, 1.54) is 13.3 Å². The van der Waals surface area contributed by atoms with Crippen LogP contribution in [-0.2, 0) is 9.90 Å². The van der Waals surface area contributed by atoms with Crippen LogP contribution in [0.4, 0.5) is 0 Å². The van der Waals surface area contributed by atoms with Crippen LogP contribution in [0.25, 0.3) is 0 Å². The Morgan fingerprint density at radius 1 is 1.31 bits per heavy atom. The van der Waals surface area contributed by atoms with E-state index in [-0.39, 0.29) is 5.91 Å². The van der Waals surface area contributed by atoms with E-state index in [4.69, 9.17) is 0 Å². The fourth-order valence-electron chi connectivity index (χ4n) is 1.58. The summed E-state index contributed by atoms with van der Waals surface area (Å²) in [5, 5.41) is 11.7. The number of likely N-dealkylation sites (tertiary alicyclic amines) is 1. The number of nitrogens with zero attached hydrogens (tertiary/aromatic N) is 1. The number of carbonyl (C=O) groups is 1. The van der Waals surface area contributed by atoms with Crippen LogP contribution >= 0.6 is 0 Å². The number of piperidine rings is 1. The molecule has 1 fully saturated rings. The molecule has 1 saturated heterocycles. The van der Waals surface area contributed by atoms with Gasteiger partial charge >= 0.3 is 0 Å². The van der Waals surface area contributed by atoms with Crippen LogP contribution in [-0.4, -0.2) is 29.5 Å². The molecular weight excluding hydrogens is 166 g/mol. The fraction of sp³-hybridized carbons (Fsp3) is 0.900. The molecular formula is C10H18NO2. The first-order chi connectivity index (χ1) is 6.08. The molecule has 1 rings (SSSR count). The average molecular weight is 184 g/mol. The zero-order valence-electron chi connectivity index (χ0n) is 8.51. The summed E-state index contributed by atoms with van der Waals surface area (Å²) in [5.74, 6) is -0.213. The molecule has 1 heterocycles. The summed E-state index contributed by atoms with van der Waals surface area (Å²) in [6, 6.07) is 0. The van der Waals surface area contributed by atoms with E-state index >= 15 is 0 Å². The van der Waals surface area contributed by atoms with Gasteiger partial charge in [-0.3, -0.25) is 4.79 Å². The highest BCUT2D eigenvalue weighted by molar-refractivity contribution is 5.84. The fourth-order valence-corrected chi connectivity index (χ4v) is 1.58. The predicted octanol–water partition coefficient (Wildman–Crippen LogP) is 1.60. The number of hydrogen-bond donors (Lipinski definition) is 0. The average Bonchev–Trinajstić information content (AvgIpc) is 2.18. The van der Waals surface area contributed by atoms with Crippen molar-refractivity contribution in [1.82, 2.24) is 4.90 Å². The summed E-state index contributed by atoms with van der Waals surface area (Å²) in [7, 11) is 0. The van der Waals surface area contributed by atoms with Crippen molar-refractivity contribution in [3.8, 4) is 0 Å². The van der Waals surface area contributed by atoms with Crippen molar-refractivity contribution in [3.05, 3.63) is 0 Å². The lowest BCUT2D eigenvalue weighted by Crippen LogP contribution is -2.47. The largest absolute Gasteiger partial charge is 0.340 e. The lowest BCUT2D eigenvalue weighted by molar-refractivity contribution is -0.157. The summed E-state index contributed by atoms with van der Waals surface area (Å²) in [6.45, 7) is 4.81. The monoisotopic (exact) mass is 184 g/mol. The van der Waals surface area contributed by atoms with E-state index in [9.17, 15) is 9.90 Å². The van der Waals surface area contributed by atoms with Crippen LogP contribution in [0.15, 0.2) is 0 Å². The maximum absolute atomic E-state index is 11.7. The molecule has 0 N–H and O–H groups in total. The molecule has 1 amide bonds. The highest BCUT2D eigenvalue weighted by Crippen LogP contribution is 2.17.